The predicted octanol–water partition coefficient (Wildman–Crippen LogP) is 7.54. The molecule has 0 radical (unpaired) electrons. The van der Waals surface area contributed by atoms with Crippen molar-refractivity contribution < 1.29 is 36.6 Å². The number of nitrogens with zero attached hydrogens (tertiary/aromatic N) is 2. The number of likely N-dealkylation sites (tertiary alicyclic amines) is 1. The minimum absolute atomic E-state index is 0.0370. The molecular formula is C38H44F5N3O4. The van der Waals surface area contributed by atoms with Crippen LogP contribution >= 0.6 is 0 Å². The Hall–Kier alpha value is -4.06. The fraction of sp³-hybridized carbons (Fsp3) is 0.500. The number of carboxylic acid groups (broad SMARTS) is 1. The molecule has 2 aromatic carbocycles. The van der Waals surface area contributed by atoms with Crippen LogP contribution in [0.4, 0.5) is 22.0 Å². The molecule has 0 spiro atoms. The van der Waals surface area contributed by atoms with Crippen LogP contribution in [0.1, 0.15) is 85.0 Å². The molecule has 0 bridgehead atoms. The standard InChI is InChI=1S/C38H44F5N3O4/c1-20(2)8-32(46-19-27(30(14-33(46)47)38(41,42)43)12-25-17-45(18-25)16-24-6-7-24)37(50)44-31(15-34(48)49)29-13-26(9-23(5)36(29)40)35-21(3)10-28(39)11-22(35)4/h9-11,13-14,19-20,24-25,31-32H,6-8,12,15-18H2,1-5H3,(H,44,50)(H,48,49). The summed E-state index contributed by atoms with van der Waals surface area (Å²) < 4.78 is 73.5. The van der Waals surface area contributed by atoms with Crippen molar-refractivity contribution in [3.63, 3.8) is 0 Å². The molecule has 1 amide bonds. The molecule has 1 aliphatic carbocycles. The number of pyridine rings is 1. The number of rotatable bonds is 13. The summed E-state index contributed by atoms with van der Waals surface area (Å²) >= 11 is 0. The van der Waals surface area contributed by atoms with Crippen molar-refractivity contribution in [2.24, 2.45) is 17.8 Å². The average molecular weight is 702 g/mol. The quantitative estimate of drug-likeness (QED) is 0.180. The lowest BCUT2D eigenvalue weighted by atomic mass is 9.90. The highest BCUT2D eigenvalue weighted by Gasteiger charge is 2.38. The lowest BCUT2D eigenvalue weighted by Crippen LogP contribution is -2.48. The van der Waals surface area contributed by atoms with Crippen molar-refractivity contribution in [3.8, 4) is 11.1 Å². The number of carbonyl (C=O) groups is 2. The second kappa shape index (κ2) is 14.7. The molecule has 2 fully saturated rings. The van der Waals surface area contributed by atoms with Crippen LogP contribution < -0.4 is 10.9 Å². The number of carboxylic acids is 1. The Morgan fingerprint density at radius 3 is 2.16 bits per heavy atom. The number of halogens is 5. The molecule has 2 atom stereocenters. The Labute approximate surface area is 288 Å². The second-order valence-corrected chi connectivity index (χ2v) is 14.6. The van der Waals surface area contributed by atoms with Crippen LogP contribution in [-0.4, -0.2) is 46.1 Å². The van der Waals surface area contributed by atoms with Gasteiger partial charge in [-0.1, -0.05) is 13.8 Å². The first kappa shape index (κ1) is 37.2. The first-order chi connectivity index (χ1) is 23.4. The van der Waals surface area contributed by atoms with Gasteiger partial charge in [0, 0.05) is 37.5 Å². The summed E-state index contributed by atoms with van der Waals surface area (Å²) in [5.41, 5.74) is 0.168. The van der Waals surface area contributed by atoms with E-state index in [0.29, 0.717) is 47.3 Å². The highest BCUT2D eigenvalue weighted by Crippen LogP contribution is 2.37. The minimum Gasteiger partial charge on any atom is -0.481 e. The zero-order valence-corrected chi connectivity index (χ0v) is 29.0. The van der Waals surface area contributed by atoms with Crippen LogP contribution in [0.2, 0.25) is 0 Å². The van der Waals surface area contributed by atoms with Gasteiger partial charge >= 0.3 is 12.1 Å². The van der Waals surface area contributed by atoms with E-state index in [4.69, 9.17) is 0 Å². The van der Waals surface area contributed by atoms with Gasteiger partial charge in [-0.2, -0.15) is 13.2 Å². The molecule has 3 aromatic rings. The summed E-state index contributed by atoms with van der Waals surface area (Å²) in [6.07, 6.45) is -1.91. The number of carbonyl (C=O) groups excluding carboxylic acids is 1. The van der Waals surface area contributed by atoms with Crippen molar-refractivity contribution in [3.05, 3.63) is 91.9 Å². The molecule has 1 saturated carbocycles. The van der Waals surface area contributed by atoms with Gasteiger partial charge in [-0.05, 0) is 122 Å². The van der Waals surface area contributed by atoms with E-state index in [0.717, 1.165) is 17.3 Å². The van der Waals surface area contributed by atoms with E-state index in [-0.39, 0.29) is 41.4 Å². The number of hydrogen-bond donors (Lipinski definition) is 2. The topological polar surface area (TPSA) is 91.6 Å². The van der Waals surface area contributed by atoms with Crippen molar-refractivity contribution in [2.45, 2.75) is 85.0 Å². The zero-order chi connectivity index (χ0) is 36.7. The van der Waals surface area contributed by atoms with Gasteiger partial charge in [0.2, 0.25) is 5.91 Å². The maximum absolute atomic E-state index is 15.8. The lowest BCUT2D eigenvalue weighted by molar-refractivity contribution is -0.139. The molecule has 1 aromatic heterocycles. The smallest absolute Gasteiger partial charge is 0.416 e. The third-order valence-electron chi connectivity index (χ3n) is 9.70. The van der Waals surface area contributed by atoms with Gasteiger partial charge in [-0.15, -0.1) is 0 Å². The van der Waals surface area contributed by atoms with Gasteiger partial charge in [-0.25, -0.2) is 8.78 Å². The number of alkyl halides is 3. The summed E-state index contributed by atoms with van der Waals surface area (Å²) in [4.78, 5) is 41.7. The maximum atomic E-state index is 15.8. The molecule has 7 nitrogen and oxygen atoms in total. The van der Waals surface area contributed by atoms with Gasteiger partial charge in [0.15, 0.2) is 0 Å². The largest absolute Gasteiger partial charge is 0.481 e. The van der Waals surface area contributed by atoms with E-state index in [1.54, 1.807) is 33.8 Å². The molecule has 2 heterocycles. The summed E-state index contributed by atoms with van der Waals surface area (Å²) in [6, 6.07) is 3.48. The summed E-state index contributed by atoms with van der Waals surface area (Å²) in [7, 11) is 0. The molecule has 50 heavy (non-hydrogen) atoms. The fourth-order valence-corrected chi connectivity index (χ4v) is 7.23. The van der Waals surface area contributed by atoms with Gasteiger partial charge in [0.05, 0.1) is 18.0 Å². The summed E-state index contributed by atoms with van der Waals surface area (Å²) in [5.74, 6) is -2.94. The monoisotopic (exact) mass is 701 g/mol. The molecule has 12 heteroatoms. The van der Waals surface area contributed by atoms with Crippen molar-refractivity contribution in [1.82, 2.24) is 14.8 Å². The number of benzene rings is 2. The number of hydrogen-bond acceptors (Lipinski definition) is 4. The lowest BCUT2D eigenvalue weighted by Gasteiger charge is -2.40. The Balaban J connectivity index is 1.50. The normalized spacial score (nSPS) is 16.7. The SMILES string of the molecule is Cc1cc(-c2c(C)cc(F)cc2C)cc(C(CC(=O)O)NC(=O)C(CC(C)C)n2cc(CC3CN(CC4CC4)C3)c(C(F)(F)F)cc2=O)c1F. The molecule has 1 aliphatic heterocycles. The second-order valence-electron chi connectivity index (χ2n) is 14.6. The predicted molar refractivity (Wildman–Crippen MR) is 180 cm³/mol. The van der Waals surface area contributed by atoms with Gasteiger partial charge in [0.25, 0.3) is 5.56 Å². The number of aryl methyl sites for hydroxylation is 3. The van der Waals surface area contributed by atoms with Crippen LogP contribution in [0.3, 0.4) is 0 Å². The molecular weight excluding hydrogens is 657 g/mol. The Bertz CT molecular complexity index is 1800. The van der Waals surface area contributed by atoms with Gasteiger partial charge in [-0.3, -0.25) is 14.4 Å². The Morgan fingerprint density at radius 1 is 0.960 bits per heavy atom. The van der Waals surface area contributed by atoms with Crippen LogP contribution in [0.15, 0.2) is 41.3 Å². The fourth-order valence-electron chi connectivity index (χ4n) is 7.23. The van der Waals surface area contributed by atoms with E-state index < -0.39 is 59.3 Å². The number of aliphatic carboxylic acids is 1. The average Bonchev–Trinajstić information content (AvgIpc) is 3.79. The molecule has 2 unspecified atom stereocenters. The number of nitrogens with one attached hydrogen (secondary N) is 1. The summed E-state index contributed by atoms with van der Waals surface area (Å²) in [6.45, 7) is 10.7. The van der Waals surface area contributed by atoms with E-state index in [1.165, 1.54) is 38.0 Å². The van der Waals surface area contributed by atoms with Crippen LogP contribution in [0.5, 0.6) is 0 Å². The van der Waals surface area contributed by atoms with E-state index >= 15 is 4.39 Å². The van der Waals surface area contributed by atoms with Gasteiger partial charge < -0.3 is 19.9 Å². The Morgan fingerprint density at radius 2 is 1.60 bits per heavy atom. The van der Waals surface area contributed by atoms with Crippen LogP contribution in [0, 0.1) is 50.2 Å². The van der Waals surface area contributed by atoms with E-state index in [2.05, 4.69) is 10.2 Å². The van der Waals surface area contributed by atoms with Crippen molar-refractivity contribution in [1.29, 1.82) is 0 Å². The molecule has 1 saturated heterocycles. The number of amides is 1. The first-order valence-electron chi connectivity index (χ1n) is 17.0. The third kappa shape index (κ3) is 8.62. The highest BCUT2D eigenvalue weighted by atomic mass is 19.4. The molecule has 2 aliphatic rings. The molecule has 2 N–H and O–H groups in total. The Kier molecular flexibility index (Phi) is 10.9. The number of aromatic nitrogens is 1. The van der Waals surface area contributed by atoms with Crippen LogP contribution in [-0.2, 0) is 22.2 Å². The molecule has 5 rings (SSSR count). The van der Waals surface area contributed by atoms with E-state index in [1.807, 2.05) is 0 Å². The van der Waals surface area contributed by atoms with Crippen molar-refractivity contribution >= 4 is 11.9 Å². The van der Waals surface area contributed by atoms with E-state index in [9.17, 15) is 37.1 Å². The van der Waals surface area contributed by atoms with Crippen molar-refractivity contribution in [2.75, 3.05) is 19.6 Å². The molecule has 270 valence electrons. The summed E-state index contributed by atoms with van der Waals surface area (Å²) in [5, 5.41) is 12.4. The highest BCUT2D eigenvalue weighted by molar-refractivity contribution is 5.82. The maximum Gasteiger partial charge on any atom is 0.416 e. The minimum atomic E-state index is -4.78. The van der Waals surface area contributed by atoms with Gasteiger partial charge in [0.1, 0.15) is 17.7 Å². The third-order valence-corrected chi connectivity index (χ3v) is 9.70. The first-order valence-corrected chi connectivity index (χ1v) is 17.0. The zero-order valence-electron chi connectivity index (χ0n) is 29.0. The van der Waals surface area contributed by atoms with Crippen LogP contribution in [0.25, 0.3) is 11.1 Å².